The second-order valence-electron chi connectivity index (χ2n) is 3.59. The fraction of sp³-hybridized carbons (Fsp3) is 0.455. The number of methoxy groups -OCH3 is 1. The lowest BCUT2D eigenvalue weighted by molar-refractivity contribution is 0.414. The number of rotatable bonds is 2. The van der Waals surface area contributed by atoms with Crippen molar-refractivity contribution in [2.75, 3.05) is 12.9 Å². The van der Waals surface area contributed by atoms with Gasteiger partial charge in [-0.1, -0.05) is 12.1 Å². The molecule has 2 nitrogen and oxygen atoms in total. The van der Waals surface area contributed by atoms with E-state index in [1.807, 2.05) is 23.9 Å². The molecule has 2 rings (SSSR count). The number of ether oxygens (including phenoxy) is 1. The van der Waals surface area contributed by atoms with Gasteiger partial charge < -0.3 is 10.5 Å². The average molecular weight is 209 g/mol. The summed E-state index contributed by atoms with van der Waals surface area (Å²) in [5.41, 5.74) is 7.24. The molecule has 1 heterocycles. The second kappa shape index (κ2) is 4.24. The minimum atomic E-state index is 0.368. The number of thioether (sulfide) groups is 1. The summed E-state index contributed by atoms with van der Waals surface area (Å²) in [6, 6.07) is 8.66. The minimum absolute atomic E-state index is 0.368. The highest BCUT2D eigenvalue weighted by atomic mass is 32.2. The van der Waals surface area contributed by atoms with E-state index in [2.05, 4.69) is 12.1 Å². The fourth-order valence-electron chi connectivity index (χ4n) is 1.70. The van der Waals surface area contributed by atoms with Crippen LogP contribution in [0.5, 0.6) is 5.75 Å². The lowest BCUT2D eigenvalue weighted by Crippen LogP contribution is -2.17. The molecule has 0 radical (unpaired) electrons. The SMILES string of the molecule is COc1ccc(C2CC(N)CS2)cc1. The van der Waals surface area contributed by atoms with Gasteiger partial charge in [-0.05, 0) is 24.1 Å². The Kier molecular flexibility index (Phi) is 2.99. The van der Waals surface area contributed by atoms with Gasteiger partial charge in [0, 0.05) is 17.0 Å². The smallest absolute Gasteiger partial charge is 0.118 e. The normalized spacial score (nSPS) is 26.4. The Labute approximate surface area is 88.8 Å². The molecule has 3 heteroatoms. The number of benzene rings is 1. The Morgan fingerprint density at radius 3 is 2.57 bits per heavy atom. The van der Waals surface area contributed by atoms with Gasteiger partial charge in [0.25, 0.3) is 0 Å². The Morgan fingerprint density at radius 1 is 1.36 bits per heavy atom. The van der Waals surface area contributed by atoms with Crippen molar-refractivity contribution in [2.24, 2.45) is 5.73 Å². The van der Waals surface area contributed by atoms with Crippen molar-refractivity contribution in [3.63, 3.8) is 0 Å². The predicted molar refractivity (Wildman–Crippen MR) is 60.8 cm³/mol. The monoisotopic (exact) mass is 209 g/mol. The highest BCUT2D eigenvalue weighted by Gasteiger charge is 2.23. The zero-order chi connectivity index (χ0) is 9.97. The van der Waals surface area contributed by atoms with Crippen LogP contribution in [0.3, 0.4) is 0 Å². The van der Waals surface area contributed by atoms with Crippen molar-refractivity contribution in [2.45, 2.75) is 17.7 Å². The van der Waals surface area contributed by atoms with Crippen molar-refractivity contribution in [3.05, 3.63) is 29.8 Å². The molecule has 0 amide bonds. The largest absolute Gasteiger partial charge is 0.497 e. The maximum atomic E-state index is 5.87. The standard InChI is InChI=1S/C11H15NOS/c1-13-10-4-2-8(3-5-10)11-6-9(12)7-14-11/h2-5,9,11H,6-7,12H2,1H3. The van der Waals surface area contributed by atoms with Gasteiger partial charge in [-0.25, -0.2) is 0 Å². The van der Waals surface area contributed by atoms with Crippen molar-refractivity contribution in [1.29, 1.82) is 0 Å². The van der Waals surface area contributed by atoms with Crippen molar-refractivity contribution < 1.29 is 4.74 Å². The molecular formula is C11H15NOS. The van der Waals surface area contributed by atoms with Crippen molar-refractivity contribution >= 4 is 11.8 Å². The molecule has 0 saturated carbocycles. The van der Waals surface area contributed by atoms with Crippen LogP contribution in [-0.4, -0.2) is 18.9 Å². The Morgan fingerprint density at radius 2 is 2.07 bits per heavy atom. The number of hydrogen-bond acceptors (Lipinski definition) is 3. The summed E-state index contributed by atoms with van der Waals surface area (Å²) in [5.74, 6) is 2.00. The van der Waals surface area contributed by atoms with E-state index in [1.165, 1.54) is 5.56 Å². The lowest BCUT2D eigenvalue weighted by Gasteiger charge is -2.09. The zero-order valence-corrected chi connectivity index (χ0v) is 9.09. The predicted octanol–water partition coefficient (Wildman–Crippen LogP) is 2.20. The molecule has 14 heavy (non-hydrogen) atoms. The number of hydrogen-bond donors (Lipinski definition) is 1. The zero-order valence-electron chi connectivity index (χ0n) is 8.27. The maximum absolute atomic E-state index is 5.87. The minimum Gasteiger partial charge on any atom is -0.497 e. The molecular weight excluding hydrogens is 194 g/mol. The van der Waals surface area contributed by atoms with Crippen LogP contribution in [0.2, 0.25) is 0 Å². The molecule has 0 aromatic heterocycles. The molecule has 0 bridgehead atoms. The van der Waals surface area contributed by atoms with Crippen molar-refractivity contribution in [3.8, 4) is 5.75 Å². The molecule has 0 aliphatic carbocycles. The van der Waals surface area contributed by atoms with Crippen LogP contribution in [-0.2, 0) is 0 Å². The first-order valence-electron chi connectivity index (χ1n) is 4.80. The van der Waals surface area contributed by atoms with Crippen LogP contribution < -0.4 is 10.5 Å². The van der Waals surface area contributed by atoms with E-state index in [1.54, 1.807) is 7.11 Å². The first kappa shape index (κ1) is 9.87. The van der Waals surface area contributed by atoms with E-state index in [0.29, 0.717) is 11.3 Å². The first-order chi connectivity index (χ1) is 6.79. The molecule has 1 fully saturated rings. The summed E-state index contributed by atoms with van der Waals surface area (Å²) in [7, 11) is 1.69. The summed E-state index contributed by atoms with van der Waals surface area (Å²) in [4.78, 5) is 0. The second-order valence-corrected chi connectivity index (χ2v) is 4.83. The van der Waals surface area contributed by atoms with E-state index in [4.69, 9.17) is 10.5 Å². The van der Waals surface area contributed by atoms with E-state index in [0.717, 1.165) is 17.9 Å². The Balaban J connectivity index is 2.09. The van der Waals surface area contributed by atoms with E-state index in [9.17, 15) is 0 Å². The van der Waals surface area contributed by atoms with Gasteiger partial charge in [0.15, 0.2) is 0 Å². The lowest BCUT2D eigenvalue weighted by atomic mass is 10.1. The molecule has 1 saturated heterocycles. The molecule has 1 aliphatic heterocycles. The van der Waals surface area contributed by atoms with E-state index < -0.39 is 0 Å². The molecule has 2 N–H and O–H groups in total. The fourth-order valence-corrected chi connectivity index (χ4v) is 3.05. The summed E-state index contributed by atoms with van der Waals surface area (Å²) in [5, 5.41) is 0.580. The molecule has 1 aromatic carbocycles. The van der Waals surface area contributed by atoms with E-state index >= 15 is 0 Å². The third kappa shape index (κ3) is 2.04. The number of nitrogens with two attached hydrogens (primary N) is 1. The van der Waals surface area contributed by atoms with Gasteiger partial charge in [-0.2, -0.15) is 11.8 Å². The summed E-state index contributed by atoms with van der Waals surface area (Å²) < 4.78 is 5.12. The molecule has 2 unspecified atom stereocenters. The van der Waals surface area contributed by atoms with Crippen LogP contribution in [0.1, 0.15) is 17.2 Å². The highest BCUT2D eigenvalue weighted by molar-refractivity contribution is 7.99. The van der Waals surface area contributed by atoms with Crippen LogP contribution in [0.15, 0.2) is 24.3 Å². The third-order valence-corrected chi connectivity index (χ3v) is 4.00. The average Bonchev–Trinajstić information content (AvgIpc) is 2.65. The maximum Gasteiger partial charge on any atom is 0.118 e. The molecule has 1 aliphatic rings. The van der Waals surface area contributed by atoms with Crippen LogP contribution in [0.25, 0.3) is 0 Å². The van der Waals surface area contributed by atoms with Gasteiger partial charge in [-0.15, -0.1) is 0 Å². The highest BCUT2D eigenvalue weighted by Crippen LogP contribution is 2.39. The van der Waals surface area contributed by atoms with Crippen LogP contribution in [0.4, 0.5) is 0 Å². The Bertz CT molecular complexity index is 299. The van der Waals surface area contributed by atoms with Gasteiger partial charge in [0.2, 0.25) is 0 Å². The first-order valence-corrected chi connectivity index (χ1v) is 5.85. The van der Waals surface area contributed by atoms with Gasteiger partial charge >= 0.3 is 0 Å². The van der Waals surface area contributed by atoms with Crippen molar-refractivity contribution in [1.82, 2.24) is 0 Å². The Hall–Kier alpha value is -0.670. The van der Waals surface area contributed by atoms with Gasteiger partial charge in [-0.3, -0.25) is 0 Å². The summed E-state index contributed by atoms with van der Waals surface area (Å²) in [6.45, 7) is 0. The molecule has 2 atom stereocenters. The van der Waals surface area contributed by atoms with Gasteiger partial charge in [0.05, 0.1) is 7.11 Å². The van der Waals surface area contributed by atoms with Gasteiger partial charge in [0.1, 0.15) is 5.75 Å². The molecule has 0 spiro atoms. The molecule has 1 aromatic rings. The summed E-state index contributed by atoms with van der Waals surface area (Å²) in [6.07, 6.45) is 1.09. The third-order valence-electron chi connectivity index (χ3n) is 2.52. The van der Waals surface area contributed by atoms with E-state index in [-0.39, 0.29) is 0 Å². The molecule has 76 valence electrons. The summed E-state index contributed by atoms with van der Waals surface area (Å²) >= 11 is 1.95. The quantitative estimate of drug-likeness (QED) is 0.811. The van der Waals surface area contributed by atoms with Crippen LogP contribution in [0, 0.1) is 0 Å². The van der Waals surface area contributed by atoms with Crippen LogP contribution >= 0.6 is 11.8 Å². The topological polar surface area (TPSA) is 35.2 Å².